The van der Waals surface area contributed by atoms with Gasteiger partial charge in [0.2, 0.25) is 5.91 Å². The lowest BCUT2D eigenvalue weighted by atomic mass is 9.97. The molecule has 2 rings (SSSR count). The van der Waals surface area contributed by atoms with Gasteiger partial charge in [0.15, 0.2) is 12.6 Å². The largest absolute Gasteiger partial charge is 0.394 e. The maximum absolute atomic E-state index is 13.2. The smallest absolute Gasteiger partial charge is 0.220 e. The van der Waals surface area contributed by atoms with Gasteiger partial charge in [-0.05, 0) is 64.2 Å². The number of nitrogens with one attached hydrogen (secondary N) is 1. The van der Waals surface area contributed by atoms with Crippen molar-refractivity contribution in [2.75, 3.05) is 19.8 Å². The summed E-state index contributed by atoms with van der Waals surface area (Å²) in [5, 5.41) is 86.8. The summed E-state index contributed by atoms with van der Waals surface area (Å²) in [6.45, 7) is 2.65. The molecule has 0 aliphatic carbocycles. The molecule has 2 saturated heterocycles. The van der Waals surface area contributed by atoms with Gasteiger partial charge in [-0.2, -0.15) is 0 Å². The first-order valence-corrected chi connectivity index (χ1v) is 31.4. The fourth-order valence-electron chi connectivity index (χ4n) is 10.2. The third-order valence-corrected chi connectivity index (χ3v) is 15.2. The van der Waals surface area contributed by atoms with Crippen molar-refractivity contribution in [2.24, 2.45) is 0 Å². The highest BCUT2D eigenvalue weighted by molar-refractivity contribution is 5.76. The summed E-state index contributed by atoms with van der Waals surface area (Å²) in [6, 6.07) is -0.935. The van der Waals surface area contributed by atoms with E-state index in [1.165, 1.54) is 173 Å². The number of aliphatic hydroxyl groups excluding tert-OH is 8. The van der Waals surface area contributed by atoms with E-state index in [9.17, 15) is 45.6 Å². The monoisotopic (exact) mass is 1090 g/mol. The minimum Gasteiger partial charge on any atom is -0.394 e. The third-order valence-electron chi connectivity index (χ3n) is 15.2. The van der Waals surface area contributed by atoms with E-state index >= 15 is 0 Å². The summed E-state index contributed by atoms with van der Waals surface area (Å²) in [5.41, 5.74) is 0. The predicted octanol–water partition coefficient (Wildman–Crippen LogP) is 11.2. The summed E-state index contributed by atoms with van der Waals surface area (Å²) >= 11 is 0. The molecule has 14 nitrogen and oxygen atoms in total. The van der Waals surface area contributed by atoms with Crippen LogP contribution in [0, 0.1) is 0 Å². The van der Waals surface area contributed by atoms with Gasteiger partial charge in [-0.25, -0.2) is 0 Å². The molecule has 9 N–H and O–H groups in total. The minimum absolute atomic E-state index is 0.253. The van der Waals surface area contributed by atoms with Crippen LogP contribution in [0.15, 0.2) is 48.6 Å². The quantitative estimate of drug-likeness (QED) is 0.0204. The summed E-state index contributed by atoms with van der Waals surface area (Å²) in [4.78, 5) is 13.2. The van der Waals surface area contributed by atoms with E-state index in [-0.39, 0.29) is 18.9 Å². The average Bonchev–Trinajstić information content (AvgIpc) is 3.44. The zero-order valence-corrected chi connectivity index (χ0v) is 48.5. The molecule has 0 spiro atoms. The Kier molecular flexibility index (Phi) is 44.9. The second-order valence-corrected chi connectivity index (χ2v) is 22.1. The molecule has 77 heavy (non-hydrogen) atoms. The van der Waals surface area contributed by atoms with E-state index < -0.39 is 86.8 Å². The van der Waals surface area contributed by atoms with Crippen molar-refractivity contribution in [1.82, 2.24) is 5.32 Å². The molecule has 0 aromatic carbocycles. The Morgan fingerprint density at radius 3 is 1.34 bits per heavy atom. The fraction of sp³-hybridized carbons (Fsp3) is 0.857. The number of hydrogen-bond donors (Lipinski definition) is 9. The fourth-order valence-corrected chi connectivity index (χ4v) is 10.2. The van der Waals surface area contributed by atoms with E-state index in [4.69, 9.17) is 18.9 Å². The van der Waals surface area contributed by atoms with Crippen molar-refractivity contribution in [3.8, 4) is 0 Å². The first-order chi connectivity index (χ1) is 37.6. The number of unbranched alkanes of at least 4 members (excludes halogenated alkanes) is 31. The van der Waals surface area contributed by atoms with Gasteiger partial charge in [-0.15, -0.1) is 0 Å². The molecule has 2 aliphatic heterocycles. The van der Waals surface area contributed by atoms with E-state index in [0.29, 0.717) is 12.8 Å². The van der Waals surface area contributed by atoms with Crippen LogP contribution in [-0.2, 0) is 23.7 Å². The zero-order valence-electron chi connectivity index (χ0n) is 48.5. The van der Waals surface area contributed by atoms with Gasteiger partial charge >= 0.3 is 0 Å². The van der Waals surface area contributed by atoms with E-state index in [1.807, 2.05) is 6.08 Å². The molecule has 2 heterocycles. The number of carbonyl (C=O) groups excluding carboxylic acids is 1. The predicted molar refractivity (Wildman–Crippen MR) is 309 cm³/mol. The molecule has 450 valence electrons. The van der Waals surface area contributed by atoms with Crippen LogP contribution in [0.2, 0.25) is 0 Å². The van der Waals surface area contributed by atoms with Gasteiger partial charge in [0.25, 0.3) is 0 Å². The van der Waals surface area contributed by atoms with Crippen molar-refractivity contribution in [1.29, 1.82) is 0 Å². The average molecular weight is 1090 g/mol. The second-order valence-electron chi connectivity index (χ2n) is 22.1. The molecule has 0 aromatic heterocycles. The maximum Gasteiger partial charge on any atom is 0.220 e. The van der Waals surface area contributed by atoms with Gasteiger partial charge in [-0.3, -0.25) is 4.79 Å². The highest BCUT2D eigenvalue weighted by Gasteiger charge is 2.51. The molecular formula is C63H115NO13. The number of aliphatic hydroxyl groups is 8. The van der Waals surface area contributed by atoms with Gasteiger partial charge in [0, 0.05) is 6.42 Å². The standard InChI is InChI=1S/C63H115NO13/c1-3-5-7-9-11-13-15-16-17-18-19-20-21-22-23-24-25-26-27-28-29-30-31-32-33-34-35-36-37-39-41-43-45-47-55(68)64-51(52(67)46-44-42-40-38-14-12-10-8-6-4-2)50-74-62-60(73)58(71)61(54(49-66)76-62)77-63-59(72)57(70)56(69)53(48-65)75-63/h6,8,14,18-19,38,44,46,51-54,56-63,65-67,69-73H,3-5,7,9-13,15-17,20-37,39-43,45,47-50H2,1-2H3,(H,64,68)/b8-6+,19-18-,38-14+,46-44+. The van der Waals surface area contributed by atoms with Crippen LogP contribution in [-0.4, -0.2) is 140 Å². The molecule has 12 atom stereocenters. The molecule has 12 unspecified atom stereocenters. The number of ether oxygens (including phenoxy) is 4. The lowest BCUT2D eigenvalue weighted by Crippen LogP contribution is -2.65. The second kappa shape index (κ2) is 48.6. The van der Waals surface area contributed by atoms with Gasteiger partial charge < -0.3 is 65.1 Å². The Morgan fingerprint density at radius 1 is 0.468 bits per heavy atom. The highest BCUT2D eigenvalue weighted by Crippen LogP contribution is 2.30. The van der Waals surface area contributed by atoms with Crippen LogP contribution >= 0.6 is 0 Å². The van der Waals surface area contributed by atoms with Crippen LogP contribution in [0.25, 0.3) is 0 Å². The molecule has 0 bridgehead atoms. The molecule has 0 radical (unpaired) electrons. The topological polar surface area (TPSA) is 228 Å². The van der Waals surface area contributed by atoms with Crippen molar-refractivity contribution >= 4 is 5.91 Å². The minimum atomic E-state index is -1.79. The summed E-state index contributed by atoms with van der Waals surface area (Å²) in [6.07, 6.45) is 45.0. The van der Waals surface area contributed by atoms with Crippen LogP contribution in [0.1, 0.15) is 251 Å². The van der Waals surface area contributed by atoms with Crippen molar-refractivity contribution in [3.63, 3.8) is 0 Å². The Bertz CT molecular complexity index is 1480. The Balaban J connectivity index is 1.59. The summed E-state index contributed by atoms with van der Waals surface area (Å²) < 4.78 is 22.7. The zero-order chi connectivity index (χ0) is 56.0. The summed E-state index contributed by atoms with van der Waals surface area (Å²) in [7, 11) is 0. The molecule has 0 aromatic rings. The molecular weight excluding hydrogens is 979 g/mol. The van der Waals surface area contributed by atoms with Crippen LogP contribution in [0.3, 0.4) is 0 Å². The van der Waals surface area contributed by atoms with E-state index in [0.717, 1.165) is 44.9 Å². The molecule has 14 heteroatoms. The summed E-state index contributed by atoms with van der Waals surface area (Å²) in [5.74, 6) is -0.253. The van der Waals surface area contributed by atoms with Crippen molar-refractivity contribution in [2.45, 2.75) is 325 Å². The number of hydrogen-bond acceptors (Lipinski definition) is 13. The highest BCUT2D eigenvalue weighted by atomic mass is 16.7. The number of carbonyl (C=O) groups is 1. The number of allylic oxidation sites excluding steroid dienone is 7. The van der Waals surface area contributed by atoms with Crippen molar-refractivity contribution in [3.05, 3.63) is 48.6 Å². The first-order valence-electron chi connectivity index (χ1n) is 31.4. The number of rotatable bonds is 50. The van der Waals surface area contributed by atoms with E-state index in [2.05, 4.69) is 55.6 Å². The third kappa shape index (κ3) is 34.1. The van der Waals surface area contributed by atoms with Gasteiger partial charge in [-0.1, -0.05) is 229 Å². The Hall–Kier alpha value is -2.05. The van der Waals surface area contributed by atoms with E-state index in [1.54, 1.807) is 6.08 Å². The van der Waals surface area contributed by atoms with Crippen molar-refractivity contribution < 1.29 is 64.6 Å². The van der Waals surface area contributed by atoms with Crippen LogP contribution in [0.5, 0.6) is 0 Å². The lowest BCUT2D eigenvalue weighted by molar-refractivity contribution is -0.359. The maximum atomic E-state index is 13.2. The molecule has 0 saturated carbocycles. The number of amides is 1. The van der Waals surface area contributed by atoms with Crippen LogP contribution in [0.4, 0.5) is 0 Å². The van der Waals surface area contributed by atoms with Crippen LogP contribution < -0.4 is 5.32 Å². The molecule has 2 aliphatic rings. The lowest BCUT2D eigenvalue weighted by Gasteiger charge is -2.46. The molecule has 1 amide bonds. The Labute approximate surface area is 467 Å². The SMILES string of the molecule is CC/C=C/CC/C=C/CC/C=C/C(O)C(COC1OC(CO)C(OC2OC(CO)C(O)C(O)C2O)C(O)C1O)NC(=O)CCCCCCCCCCCCCCCCCCCCCCC/C=C\CCCCCCCCCC. The Morgan fingerprint density at radius 2 is 0.870 bits per heavy atom. The normalized spacial score (nSPS) is 25.0. The molecule has 2 fully saturated rings. The van der Waals surface area contributed by atoms with Gasteiger partial charge in [0.1, 0.15) is 48.8 Å². The first kappa shape index (κ1) is 71.1. The van der Waals surface area contributed by atoms with Gasteiger partial charge in [0.05, 0.1) is 32.0 Å².